The van der Waals surface area contributed by atoms with Crippen LogP contribution in [0.1, 0.15) is 48.0 Å². The predicted molar refractivity (Wildman–Crippen MR) is 114 cm³/mol. The van der Waals surface area contributed by atoms with Gasteiger partial charge in [0.15, 0.2) is 0 Å². The van der Waals surface area contributed by atoms with E-state index in [4.69, 9.17) is 33.5 Å². The lowest BCUT2D eigenvalue weighted by molar-refractivity contribution is 0.0920. The number of carbonyl (C=O) groups is 1. The molecule has 2 aromatic heterocycles. The largest absolute Gasteiger partial charge is 0.392 e. The lowest BCUT2D eigenvalue weighted by Crippen LogP contribution is -2.40. The minimum absolute atomic E-state index is 0.0571. The van der Waals surface area contributed by atoms with Crippen LogP contribution in [0.2, 0.25) is 10.0 Å². The van der Waals surface area contributed by atoms with Crippen LogP contribution in [0.3, 0.4) is 0 Å². The fourth-order valence-corrected chi connectivity index (χ4v) is 3.87. The number of rotatable bonds is 4. The van der Waals surface area contributed by atoms with E-state index >= 15 is 0 Å². The molecule has 4 rings (SSSR count). The van der Waals surface area contributed by atoms with Crippen molar-refractivity contribution in [2.45, 2.75) is 37.6 Å². The molecule has 0 atom stereocenters. The van der Waals surface area contributed by atoms with Gasteiger partial charge in [-0.3, -0.25) is 14.6 Å². The minimum atomic E-state index is -0.799. The summed E-state index contributed by atoms with van der Waals surface area (Å²) in [4.78, 5) is 44.1. The van der Waals surface area contributed by atoms with Crippen LogP contribution in [0, 0.1) is 0 Å². The van der Waals surface area contributed by atoms with Crippen molar-refractivity contribution in [2.24, 2.45) is 0 Å². The molecule has 5 N–H and O–H groups in total. The van der Waals surface area contributed by atoms with Crippen LogP contribution in [0.5, 0.6) is 0 Å². The van der Waals surface area contributed by atoms with E-state index in [2.05, 4.69) is 20.4 Å². The van der Waals surface area contributed by atoms with Crippen LogP contribution < -0.4 is 22.3 Å². The molecule has 0 aliphatic heterocycles. The first-order valence-electron chi connectivity index (χ1n) is 9.53. The van der Waals surface area contributed by atoms with E-state index in [1.807, 2.05) is 4.98 Å². The number of hydrogen-bond donors (Lipinski definition) is 4. The lowest BCUT2D eigenvalue weighted by Gasteiger charge is -2.27. The minimum Gasteiger partial charge on any atom is -0.392 e. The molecule has 0 spiro atoms. The molecule has 1 aromatic carbocycles. The monoisotopic (exact) mass is 464 g/mol. The fourth-order valence-electron chi connectivity index (χ4n) is 3.57. The molecule has 0 bridgehead atoms. The summed E-state index contributed by atoms with van der Waals surface area (Å²) < 4.78 is 5.44. The first-order chi connectivity index (χ1) is 14.8. The van der Waals surface area contributed by atoms with Crippen molar-refractivity contribution in [3.63, 3.8) is 0 Å². The number of nitrogens with two attached hydrogens (primary N) is 1. The van der Waals surface area contributed by atoms with Crippen molar-refractivity contribution in [3.8, 4) is 11.4 Å². The lowest BCUT2D eigenvalue weighted by atomic mass is 9.86. The van der Waals surface area contributed by atoms with Gasteiger partial charge in [0.25, 0.3) is 11.5 Å². The van der Waals surface area contributed by atoms with Crippen molar-refractivity contribution >= 4 is 34.8 Å². The van der Waals surface area contributed by atoms with Crippen molar-refractivity contribution in [2.75, 3.05) is 5.73 Å². The first kappa shape index (κ1) is 21.1. The van der Waals surface area contributed by atoms with Crippen molar-refractivity contribution in [1.82, 2.24) is 25.4 Å². The summed E-state index contributed by atoms with van der Waals surface area (Å²) in [6.07, 6.45) is 2.76. The second-order valence-electron chi connectivity index (χ2n) is 7.30. The zero-order valence-electron chi connectivity index (χ0n) is 16.1. The molecule has 3 aromatic rings. The molecular formula is C19H18Cl2N6O4. The van der Waals surface area contributed by atoms with E-state index in [0.29, 0.717) is 40.2 Å². The summed E-state index contributed by atoms with van der Waals surface area (Å²) in [7, 11) is 0. The summed E-state index contributed by atoms with van der Waals surface area (Å²) in [6.45, 7) is 0. The number of nitrogens with zero attached hydrogens (tertiary/aromatic N) is 2. The van der Waals surface area contributed by atoms with Gasteiger partial charge >= 0.3 is 5.69 Å². The van der Waals surface area contributed by atoms with Gasteiger partial charge in [0.1, 0.15) is 11.4 Å². The molecule has 2 heterocycles. The van der Waals surface area contributed by atoms with Gasteiger partial charge in [0, 0.05) is 17.5 Å². The molecule has 0 radical (unpaired) electrons. The molecule has 1 aliphatic carbocycles. The molecule has 1 aliphatic rings. The molecule has 31 heavy (non-hydrogen) atoms. The van der Waals surface area contributed by atoms with Crippen molar-refractivity contribution in [1.29, 1.82) is 0 Å². The SMILES string of the molecule is Nc1c(C(=O)N[C@H]2CC[C@@H](c3nc(-c4ccc(Cl)c(Cl)c4)no3)CC2)[nH]c(=O)[nH]c1=O. The molecule has 0 unspecified atom stereocenters. The average Bonchev–Trinajstić information content (AvgIpc) is 3.23. The molecule has 1 saturated carbocycles. The highest BCUT2D eigenvalue weighted by Crippen LogP contribution is 2.34. The van der Waals surface area contributed by atoms with Gasteiger partial charge in [-0.1, -0.05) is 28.4 Å². The molecule has 12 heteroatoms. The molecule has 0 saturated heterocycles. The molecule has 1 amide bonds. The highest BCUT2D eigenvalue weighted by molar-refractivity contribution is 6.42. The van der Waals surface area contributed by atoms with Crippen LogP contribution in [0.15, 0.2) is 32.3 Å². The number of aromatic amines is 2. The Bertz CT molecular complexity index is 1240. The van der Waals surface area contributed by atoms with Gasteiger partial charge in [-0.2, -0.15) is 4.98 Å². The summed E-state index contributed by atoms with van der Waals surface area (Å²) >= 11 is 12.0. The van der Waals surface area contributed by atoms with Crippen molar-refractivity contribution < 1.29 is 9.32 Å². The van der Waals surface area contributed by atoms with E-state index in [-0.39, 0.29) is 23.3 Å². The third kappa shape index (κ3) is 4.49. The van der Waals surface area contributed by atoms with Crippen LogP contribution in [-0.4, -0.2) is 32.1 Å². The van der Waals surface area contributed by atoms with Crippen LogP contribution in [0.25, 0.3) is 11.4 Å². The quantitative estimate of drug-likeness (QED) is 0.460. The Morgan fingerprint density at radius 3 is 2.58 bits per heavy atom. The van der Waals surface area contributed by atoms with Crippen molar-refractivity contribution in [3.05, 3.63) is 60.7 Å². The third-order valence-electron chi connectivity index (χ3n) is 5.24. The summed E-state index contributed by atoms with van der Waals surface area (Å²) in [5.74, 6) is 0.414. The zero-order valence-corrected chi connectivity index (χ0v) is 17.6. The van der Waals surface area contributed by atoms with E-state index < -0.39 is 17.2 Å². The Kier molecular flexibility index (Phi) is 5.84. The van der Waals surface area contributed by atoms with E-state index in [1.54, 1.807) is 18.2 Å². The molecule has 162 valence electrons. The Hall–Kier alpha value is -3.11. The Labute approximate surface area is 185 Å². The summed E-state index contributed by atoms with van der Waals surface area (Å²) in [5, 5.41) is 7.69. The third-order valence-corrected chi connectivity index (χ3v) is 5.98. The summed E-state index contributed by atoms with van der Waals surface area (Å²) in [5.41, 5.74) is 4.16. The van der Waals surface area contributed by atoms with E-state index in [1.165, 1.54) is 0 Å². The average molecular weight is 465 g/mol. The van der Waals surface area contributed by atoms with Crippen LogP contribution in [0.4, 0.5) is 5.69 Å². The van der Waals surface area contributed by atoms with Crippen LogP contribution >= 0.6 is 23.2 Å². The number of nitrogen functional groups attached to an aromatic ring is 1. The standard InChI is InChI=1S/C19H18Cl2N6O4/c20-11-6-3-9(7-12(11)21)15-25-18(31-27-15)8-1-4-10(5-2-8)23-17(29)14-13(22)16(28)26-19(30)24-14/h3,6-8,10H,1-2,4-5,22H2,(H,23,29)(H2,24,26,28,30)/t8-,10+. The maximum Gasteiger partial charge on any atom is 0.326 e. The number of hydrogen-bond acceptors (Lipinski definition) is 7. The number of aromatic nitrogens is 4. The van der Waals surface area contributed by atoms with Crippen LogP contribution in [-0.2, 0) is 0 Å². The predicted octanol–water partition coefficient (Wildman–Crippen LogP) is 2.46. The van der Waals surface area contributed by atoms with Gasteiger partial charge in [0.2, 0.25) is 11.7 Å². The molecule has 1 fully saturated rings. The number of H-pyrrole nitrogens is 2. The Morgan fingerprint density at radius 1 is 1.13 bits per heavy atom. The number of benzene rings is 1. The van der Waals surface area contributed by atoms with E-state index in [0.717, 1.165) is 12.8 Å². The highest BCUT2D eigenvalue weighted by atomic mass is 35.5. The number of anilines is 1. The maximum atomic E-state index is 12.4. The number of carbonyl (C=O) groups excluding carboxylic acids is 1. The van der Waals surface area contributed by atoms with Gasteiger partial charge in [-0.15, -0.1) is 0 Å². The number of nitrogens with one attached hydrogen (secondary N) is 3. The second kappa shape index (κ2) is 8.56. The normalized spacial score (nSPS) is 18.6. The Morgan fingerprint density at radius 2 is 1.87 bits per heavy atom. The highest BCUT2D eigenvalue weighted by Gasteiger charge is 2.28. The smallest absolute Gasteiger partial charge is 0.326 e. The number of halogens is 2. The Balaban J connectivity index is 1.39. The molecular weight excluding hydrogens is 447 g/mol. The van der Waals surface area contributed by atoms with Gasteiger partial charge in [0.05, 0.1) is 10.0 Å². The second-order valence-corrected chi connectivity index (χ2v) is 8.12. The van der Waals surface area contributed by atoms with E-state index in [9.17, 15) is 14.4 Å². The summed E-state index contributed by atoms with van der Waals surface area (Å²) in [6, 6.07) is 4.97. The number of amides is 1. The van der Waals surface area contributed by atoms with Gasteiger partial charge in [-0.25, -0.2) is 4.79 Å². The molecule has 10 nitrogen and oxygen atoms in total. The van der Waals surface area contributed by atoms with Gasteiger partial charge < -0.3 is 20.6 Å². The van der Waals surface area contributed by atoms with Gasteiger partial charge in [-0.05, 0) is 43.9 Å². The first-order valence-corrected chi connectivity index (χ1v) is 10.3. The fraction of sp³-hybridized carbons (Fsp3) is 0.316. The topological polar surface area (TPSA) is 160 Å². The zero-order chi connectivity index (χ0) is 22.1. The maximum absolute atomic E-state index is 12.4.